The molecule has 4 nitrogen and oxygen atoms in total. The summed E-state index contributed by atoms with van der Waals surface area (Å²) in [5.74, 6) is 0.944. The second-order valence-corrected chi connectivity index (χ2v) is 7.39. The molecule has 120 valence electrons. The molecule has 4 unspecified atom stereocenters. The van der Waals surface area contributed by atoms with Crippen LogP contribution in [-0.4, -0.2) is 52.7 Å². The molecule has 0 radical (unpaired) electrons. The van der Waals surface area contributed by atoms with Gasteiger partial charge in [-0.3, -0.25) is 0 Å². The van der Waals surface area contributed by atoms with Crippen LogP contribution in [0.4, 0.5) is 4.79 Å². The molecule has 1 saturated carbocycles. The summed E-state index contributed by atoms with van der Waals surface area (Å²) in [7, 11) is 0. The zero-order valence-corrected chi connectivity index (χ0v) is 13.3. The van der Waals surface area contributed by atoms with E-state index in [1.165, 1.54) is 12.8 Å². The summed E-state index contributed by atoms with van der Waals surface area (Å²) >= 11 is 0. The van der Waals surface area contributed by atoms with Gasteiger partial charge in [-0.05, 0) is 50.9 Å². The summed E-state index contributed by atoms with van der Waals surface area (Å²) in [6, 6.07) is 0.520. The molecule has 2 amide bonds. The fraction of sp³-hybridized carbons (Fsp3) is 0.941. The van der Waals surface area contributed by atoms with Crippen molar-refractivity contribution in [2.45, 2.75) is 70.4 Å². The molecule has 3 fully saturated rings. The van der Waals surface area contributed by atoms with Crippen molar-refractivity contribution in [3.05, 3.63) is 0 Å². The molecule has 2 heterocycles. The molecule has 3 rings (SSSR count). The van der Waals surface area contributed by atoms with Crippen LogP contribution in [0.25, 0.3) is 0 Å². The summed E-state index contributed by atoms with van der Waals surface area (Å²) in [5.41, 5.74) is 0. The van der Waals surface area contributed by atoms with Crippen LogP contribution < -0.4 is 0 Å². The van der Waals surface area contributed by atoms with E-state index in [-0.39, 0.29) is 18.2 Å². The van der Waals surface area contributed by atoms with Crippen molar-refractivity contribution in [3.63, 3.8) is 0 Å². The van der Waals surface area contributed by atoms with Crippen molar-refractivity contribution in [3.8, 4) is 0 Å². The number of nitrogens with zero attached hydrogens (tertiary/aromatic N) is 2. The molecule has 0 aromatic rings. The molecule has 0 aromatic carbocycles. The third kappa shape index (κ3) is 3.20. The molecule has 4 atom stereocenters. The van der Waals surface area contributed by atoms with Crippen LogP contribution in [0.5, 0.6) is 0 Å². The number of rotatable bonds is 1. The smallest absolute Gasteiger partial charge is 0.320 e. The molecule has 0 bridgehead atoms. The number of hydrogen-bond donors (Lipinski definition) is 1. The Morgan fingerprint density at radius 2 is 1.86 bits per heavy atom. The van der Waals surface area contributed by atoms with Crippen molar-refractivity contribution in [2.75, 3.05) is 19.6 Å². The van der Waals surface area contributed by atoms with E-state index >= 15 is 0 Å². The zero-order valence-electron chi connectivity index (χ0n) is 13.3. The highest BCUT2D eigenvalue weighted by Crippen LogP contribution is 2.36. The number of carbonyl (C=O) groups is 1. The lowest BCUT2D eigenvalue weighted by molar-refractivity contribution is 0.0383. The fourth-order valence-electron chi connectivity index (χ4n) is 4.60. The van der Waals surface area contributed by atoms with Crippen LogP contribution in [0, 0.1) is 11.8 Å². The van der Waals surface area contributed by atoms with Crippen molar-refractivity contribution >= 4 is 6.03 Å². The maximum absolute atomic E-state index is 12.9. The van der Waals surface area contributed by atoms with E-state index < -0.39 is 0 Å². The highest BCUT2D eigenvalue weighted by atomic mass is 16.3. The van der Waals surface area contributed by atoms with E-state index in [2.05, 4.69) is 16.7 Å². The minimum atomic E-state index is -0.191. The minimum Gasteiger partial charge on any atom is -0.393 e. The number of piperidine rings is 2. The van der Waals surface area contributed by atoms with Gasteiger partial charge < -0.3 is 14.9 Å². The Bertz CT molecular complexity index is 374. The Morgan fingerprint density at radius 3 is 2.57 bits per heavy atom. The van der Waals surface area contributed by atoms with Crippen LogP contribution in [0.1, 0.15) is 58.3 Å². The summed E-state index contributed by atoms with van der Waals surface area (Å²) in [4.78, 5) is 17.1. The number of aliphatic hydroxyl groups excluding tert-OH is 1. The third-order valence-electron chi connectivity index (χ3n) is 5.75. The van der Waals surface area contributed by atoms with Gasteiger partial charge in [-0.15, -0.1) is 0 Å². The first-order valence-electron chi connectivity index (χ1n) is 8.90. The molecule has 2 saturated heterocycles. The molecule has 0 spiro atoms. The van der Waals surface area contributed by atoms with Crippen molar-refractivity contribution < 1.29 is 9.90 Å². The number of hydrogen-bond acceptors (Lipinski definition) is 2. The highest BCUT2D eigenvalue weighted by Gasteiger charge is 2.40. The first-order chi connectivity index (χ1) is 10.2. The Hall–Kier alpha value is -0.770. The van der Waals surface area contributed by atoms with Gasteiger partial charge in [0.2, 0.25) is 0 Å². The topological polar surface area (TPSA) is 43.8 Å². The Morgan fingerprint density at radius 1 is 1.00 bits per heavy atom. The first kappa shape index (κ1) is 15.1. The SMILES string of the molecule is CC1CCCN(C(=O)N2CCCCC2C2CCCC2O)C1. The Balaban J connectivity index is 1.69. The molecule has 21 heavy (non-hydrogen) atoms. The number of likely N-dealkylation sites (tertiary alicyclic amines) is 2. The van der Waals surface area contributed by atoms with Gasteiger partial charge in [0.05, 0.1) is 6.10 Å². The highest BCUT2D eigenvalue weighted by molar-refractivity contribution is 5.75. The van der Waals surface area contributed by atoms with Crippen LogP contribution in [-0.2, 0) is 0 Å². The van der Waals surface area contributed by atoms with Crippen molar-refractivity contribution in [1.29, 1.82) is 0 Å². The van der Waals surface area contributed by atoms with E-state index in [4.69, 9.17) is 0 Å². The summed E-state index contributed by atoms with van der Waals surface area (Å²) in [6.45, 7) is 4.96. The predicted octanol–water partition coefficient (Wildman–Crippen LogP) is 2.85. The van der Waals surface area contributed by atoms with Crippen LogP contribution >= 0.6 is 0 Å². The maximum atomic E-state index is 12.9. The second-order valence-electron chi connectivity index (χ2n) is 7.39. The lowest BCUT2D eigenvalue weighted by atomic mass is 9.88. The average Bonchev–Trinajstić information content (AvgIpc) is 2.92. The second kappa shape index (κ2) is 6.55. The molecular weight excluding hydrogens is 264 g/mol. The van der Waals surface area contributed by atoms with E-state index in [1.54, 1.807) is 0 Å². The average molecular weight is 294 g/mol. The number of urea groups is 1. The summed E-state index contributed by atoms with van der Waals surface area (Å²) in [6.07, 6.45) is 8.72. The van der Waals surface area contributed by atoms with E-state index in [0.717, 1.165) is 58.2 Å². The Kier molecular flexibility index (Phi) is 4.72. The number of amides is 2. The monoisotopic (exact) mass is 294 g/mol. The summed E-state index contributed by atoms with van der Waals surface area (Å²) in [5, 5.41) is 10.2. The lowest BCUT2D eigenvalue weighted by Crippen LogP contribution is -2.55. The molecule has 3 aliphatic rings. The van der Waals surface area contributed by atoms with Crippen molar-refractivity contribution in [2.24, 2.45) is 11.8 Å². The van der Waals surface area contributed by atoms with Gasteiger partial charge in [0.15, 0.2) is 0 Å². The summed E-state index contributed by atoms with van der Waals surface area (Å²) < 4.78 is 0. The molecular formula is C17H30N2O2. The van der Waals surface area contributed by atoms with Gasteiger partial charge >= 0.3 is 6.03 Å². The Labute approximate surface area is 128 Å². The van der Waals surface area contributed by atoms with E-state index in [0.29, 0.717) is 11.8 Å². The van der Waals surface area contributed by atoms with Crippen LogP contribution in [0.15, 0.2) is 0 Å². The fourth-order valence-corrected chi connectivity index (χ4v) is 4.60. The molecule has 2 aliphatic heterocycles. The molecule has 1 aliphatic carbocycles. The molecule has 0 aromatic heterocycles. The van der Waals surface area contributed by atoms with Gasteiger partial charge in [-0.2, -0.15) is 0 Å². The zero-order chi connectivity index (χ0) is 14.8. The van der Waals surface area contributed by atoms with Crippen LogP contribution in [0.2, 0.25) is 0 Å². The maximum Gasteiger partial charge on any atom is 0.320 e. The standard InChI is InChI=1S/C17H30N2O2/c1-13-6-5-10-18(12-13)17(21)19-11-3-2-8-15(19)14-7-4-9-16(14)20/h13-16,20H,2-12H2,1H3. The quantitative estimate of drug-likeness (QED) is 0.808. The molecule has 4 heteroatoms. The van der Waals surface area contributed by atoms with Gasteiger partial charge in [-0.25, -0.2) is 4.79 Å². The van der Waals surface area contributed by atoms with Crippen molar-refractivity contribution in [1.82, 2.24) is 9.80 Å². The molecule has 1 N–H and O–H groups in total. The first-order valence-corrected chi connectivity index (χ1v) is 8.90. The van der Waals surface area contributed by atoms with Gasteiger partial charge in [0.25, 0.3) is 0 Å². The lowest BCUT2D eigenvalue weighted by Gasteiger charge is -2.44. The van der Waals surface area contributed by atoms with E-state index in [9.17, 15) is 9.90 Å². The number of aliphatic hydroxyl groups is 1. The largest absolute Gasteiger partial charge is 0.393 e. The predicted molar refractivity (Wildman–Crippen MR) is 83.1 cm³/mol. The van der Waals surface area contributed by atoms with E-state index in [1.807, 2.05) is 0 Å². The van der Waals surface area contributed by atoms with Gasteiger partial charge in [-0.1, -0.05) is 13.3 Å². The normalized spacial score (nSPS) is 37.8. The number of carbonyl (C=O) groups excluding carboxylic acids is 1. The van der Waals surface area contributed by atoms with Crippen LogP contribution in [0.3, 0.4) is 0 Å². The van der Waals surface area contributed by atoms with Gasteiger partial charge in [0, 0.05) is 31.6 Å². The van der Waals surface area contributed by atoms with Gasteiger partial charge in [0.1, 0.15) is 0 Å². The third-order valence-corrected chi connectivity index (χ3v) is 5.75. The minimum absolute atomic E-state index is 0.191.